The molecule has 0 bridgehead atoms. The van der Waals surface area contributed by atoms with Gasteiger partial charge in [0.15, 0.2) is 0 Å². The van der Waals surface area contributed by atoms with Gasteiger partial charge in [-0.1, -0.05) is 42.5 Å². The Labute approximate surface area is 205 Å². The first kappa shape index (κ1) is 24.3. The maximum atomic E-state index is 12.3. The van der Waals surface area contributed by atoms with Gasteiger partial charge in [-0.3, -0.25) is 9.72 Å². The molecule has 4 aromatic rings. The lowest BCUT2D eigenvalue weighted by Gasteiger charge is -2.18. The third kappa shape index (κ3) is 5.63. The summed E-state index contributed by atoms with van der Waals surface area (Å²) in [7, 11) is 1.57. The molecule has 0 aliphatic heterocycles. The number of aromatic nitrogens is 2. The van der Waals surface area contributed by atoms with E-state index in [0.717, 1.165) is 45.2 Å². The highest BCUT2D eigenvalue weighted by Crippen LogP contribution is 2.31. The number of benzene rings is 2. The van der Waals surface area contributed by atoms with Gasteiger partial charge in [-0.25, -0.2) is 9.78 Å². The molecule has 0 saturated heterocycles. The molecule has 0 atom stereocenters. The second-order valence-corrected chi connectivity index (χ2v) is 8.45. The largest absolute Gasteiger partial charge is 0.473 e. The molecule has 2 aromatic heterocycles. The fraction of sp³-hybridized carbons (Fsp3) is 0.286. The van der Waals surface area contributed by atoms with Crippen LogP contribution in [0.5, 0.6) is 5.88 Å². The minimum atomic E-state index is -0.508. The highest BCUT2D eigenvalue weighted by molar-refractivity contribution is 5.86. The molecule has 0 aliphatic rings. The van der Waals surface area contributed by atoms with Gasteiger partial charge in [0.05, 0.1) is 12.3 Å². The summed E-state index contributed by atoms with van der Waals surface area (Å²) in [6.45, 7) is 7.06. The average molecular weight is 474 g/mol. The summed E-state index contributed by atoms with van der Waals surface area (Å²) in [5.41, 5.74) is 7.69. The zero-order valence-electron chi connectivity index (χ0n) is 20.6. The van der Waals surface area contributed by atoms with Crippen molar-refractivity contribution in [3.05, 3.63) is 94.3 Å². The second kappa shape index (κ2) is 11.1. The molecule has 0 radical (unpaired) electrons. The van der Waals surface area contributed by atoms with Crippen LogP contribution in [0.3, 0.4) is 0 Å². The Bertz CT molecular complexity index is 1320. The van der Waals surface area contributed by atoms with Crippen molar-refractivity contribution in [2.75, 3.05) is 25.6 Å². The zero-order chi connectivity index (χ0) is 24.8. The van der Waals surface area contributed by atoms with Gasteiger partial charge < -0.3 is 14.2 Å². The number of aryl methyl sites for hydroxylation is 3. The van der Waals surface area contributed by atoms with Crippen molar-refractivity contribution in [1.82, 2.24) is 9.38 Å². The third-order valence-corrected chi connectivity index (χ3v) is 6.03. The molecule has 7 heteroatoms. The Morgan fingerprint density at radius 1 is 0.971 bits per heavy atom. The Hall–Kier alpha value is -3.84. The molecule has 0 spiro atoms. The van der Waals surface area contributed by atoms with Crippen molar-refractivity contribution >= 4 is 17.4 Å². The number of carbonyl (C=O) groups excluding carboxylic acids is 1. The fourth-order valence-electron chi connectivity index (χ4n) is 4.02. The van der Waals surface area contributed by atoms with Gasteiger partial charge >= 0.3 is 6.09 Å². The number of pyridine rings is 1. The second-order valence-electron chi connectivity index (χ2n) is 8.45. The Morgan fingerprint density at radius 2 is 1.77 bits per heavy atom. The number of nitrogens with zero attached hydrogens (tertiary/aromatic N) is 2. The lowest BCUT2D eigenvalue weighted by Crippen LogP contribution is -2.17. The number of ether oxygens (including phenoxy) is 3. The summed E-state index contributed by atoms with van der Waals surface area (Å²) in [4.78, 5) is 17.0. The van der Waals surface area contributed by atoms with Crippen molar-refractivity contribution in [1.29, 1.82) is 0 Å². The molecule has 2 heterocycles. The lowest BCUT2D eigenvalue weighted by molar-refractivity contribution is 0.107. The highest BCUT2D eigenvalue weighted by Gasteiger charge is 2.18. The van der Waals surface area contributed by atoms with E-state index in [-0.39, 0.29) is 6.61 Å². The van der Waals surface area contributed by atoms with Crippen LogP contribution >= 0.6 is 0 Å². The van der Waals surface area contributed by atoms with Crippen LogP contribution in [0.2, 0.25) is 0 Å². The van der Waals surface area contributed by atoms with Crippen molar-refractivity contribution in [2.45, 2.75) is 33.8 Å². The molecule has 2 aromatic carbocycles. The van der Waals surface area contributed by atoms with E-state index < -0.39 is 6.09 Å². The van der Waals surface area contributed by atoms with E-state index in [1.54, 1.807) is 7.11 Å². The molecule has 7 nitrogen and oxygen atoms in total. The topological polar surface area (TPSA) is 74.1 Å². The summed E-state index contributed by atoms with van der Waals surface area (Å²) in [6.07, 6.45) is 0.0582. The average Bonchev–Trinajstić information content (AvgIpc) is 3.14. The monoisotopic (exact) mass is 473 g/mol. The molecular formula is C28H31N3O4. The van der Waals surface area contributed by atoms with Gasteiger partial charge in [-0.15, -0.1) is 0 Å². The predicted octanol–water partition coefficient (Wildman–Crippen LogP) is 5.62. The number of rotatable bonds is 9. The fourth-order valence-corrected chi connectivity index (χ4v) is 4.02. The van der Waals surface area contributed by atoms with Gasteiger partial charge in [-0.05, 0) is 55.7 Å². The van der Waals surface area contributed by atoms with E-state index in [1.165, 1.54) is 0 Å². The smallest absolute Gasteiger partial charge is 0.411 e. The minimum Gasteiger partial charge on any atom is -0.473 e. The minimum absolute atomic E-state index is 0.191. The third-order valence-electron chi connectivity index (χ3n) is 6.03. The van der Waals surface area contributed by atoms with E-state index in [2.05, 4.69) is 20.8 Å². The van der Waals surface area contributed by atoms with Gasteiger partial charge in [0.2, 0.25) is 5.88 Å². The van der Waals surface area contributed by atoms with E-state index in [4.69, 9.17) is 14.2 Å². The summed E-state index contributed by atoms with van der Waals surface area (Å²) in [5.74, 6) is 0.751. The summed E-state index contributed by atoms with van der Waals surface area (Å²) in [5, 5.41) is 2.88. The number of imidazole rings is 1. The van der Waals surface area contributed by atoms with Crippen LogP contribution in [0.15, 0.2) is 60.7 Å². The number of fused-ring (bicyclic) bond motifs is 1. The lowest BCUT2D eigenvalue weighted by atomic mass is 9.99. The molecule has 0 saturated carbocycles. The highest BCUT2D eigenvalue weighted by atomic mass is 16.6. The maximum Gasteiger partial charge on any atom is 0.411 e. The Kier molecular flexibility index (Phi) is 7.67. The molecular weight excluding hydrogens is 442 g/mol. The number of amides is 1. The van der Waals surface area contributed by atoms with Crippen molar-refractivity contribution in [3.8, 4) is 5.88 Å². The number of hydrogen-bond donors (Lipinski definition) is 1. The van der Waals surface area contributed by atoms with Crippen LogP contribution in [0.4, 0.5) is 10.5 Å². The van der Waals surface area contributed by atoms with Crippen molar-refractivity contribution < 1.29 is 19.0 Å². The van der Waals surface area contributed by atoms with Crippen molar-refractivity contribution in [2.24, 2.45) is 0 Å². The quantitative estimate of drug-likeness (QED) is 0.319. The number of hydrogen-bond acceptors (Lipinski definition) is 5. The predicted molar refractivity (Wildman–Crippen MR) is 136 cm³/mol. The van der Waals surface area contributed by atoms with Gasteiger partial charge in [0.1, 0.15) is 18.9 Å². The molecule has 182 valence electrons. The Morgan fingerprint density at radius 3 is 2.54 bits per heavy atom. The van der Waals surface area contributed by atoms with Crippen LogP contribution in [-0.4, -0.2) is 35.8 Å². The molecule has 0 fully saturated rings. The van der Waals surface area contributed by atoms with E-state index in [9.17, 15) is 4.79 Å². The number of methoxy groups -OCH3 is 1. The number of carbonyl (C=O) groups is 1. The van der Waals surface area contributed by atoms with E-state index in [0.29, 0.717) is 25.3 Å². The van der Waals surface area contributed by atoms with Crippen LogP contribution < -0.4 is 10.1 Å². The zero-order valence-corrected chi connectivity index (χ0v) is 20.6. The van der Waals surface area contributed by atoms with Crippen LogP contribution in [0, 0.1) is 20.8 Å². The molecule has 1 N–H and O–H groups in total. The van der Waals surface area contributed by atoms with E-state index in [1.807, 2.05) is 75.4 Å². The number of anilines is 1. The summed E-state index contributed by atoms with van der Waals surface area (Å²) >= 11 is 0. The first-order chi connectivity index (χ1) is 17.0. The molecule has 0 unspecified atom stereocenters. The van der Waals surface area contributed by atoms with Crippen LogP contribution in [0.25, 0.3) is 5.65 Å². The van der Waals surface area contributed by atoms with Crippen molar-refractivity contribution in [3.63, 3.8) is 0 Å². The molecule has 1 amide bonds. The summed E-state index contributed by atoms with van der Waals surface area (Å²) < 4.78 is 18.7. The van der Waals surface area contributed by atoms with Gasteiger partial charge in [-0.2, -0.15) is 0 Å². The standard InChI is InChI=1S/C28H31N3O4/c1-19-9-8-12-25(30-28(32)34-16-15-33-4)24(19)17-23-13-14-26-29-20(2)21(3)31(26)27(23)35-18-22-10-6-5-7-11-22/h5-14H,15-18H2,1-4H3,(H,30,32). The SMILES string of the molecule is COCCOC(=O)Nc1cccc(C)c1Cc1ccc2nc(C)c(C)n2c1OCc1ccccc1. The first-order valence-corrected chi connectivity index (χ1v) is 11.6. The van der Waals surface area contributed by atoms with Crippen LogP contribution in [-0.2, 0) is 22.5 Å². The first-order valence-electron chi connectivity index (χ1n) is 11.6. The normalized spacial score (nSPS) is 11.0. The van der Waals surface area contributed by atoms with Crippen LogP contribution in [0.1, 0.15) is 33.6 Å². The maximum absolute atomic E-state index is 12.3. The molecule has 35 heavy (non-hydrogen) atoms. The van der Waals surface area contributed by atoms with E-state index >= 15 is 0 Å². The van der Waals surface area contributed by atoms with Gasteiger partial charge in [0, 0.05) is 30.5 Å². The van der Waals surface area contributed by atoms with Gasteiger partial charge in [0.25, 0.3) is 0 Å². The molecule has 4 rings (SSSR count). The Balaban J connectivity index is 1.69. The summed E-state index contributed by atoms with van der Waals surface area (Å²) in [6, 6.07) is 20.0. The molecule has 0 aliphatic carbocycles. The number of nitrogens with one attached hydrogen (secondary N) is 1.